The van der Waals surface area contributed by atoms with E-state index in [2.05, 4.69) is 9.38 Å². The predicted octanol–water partition coefficient (Wildman–Crippen LogP) is 4.16. The fraction of sp³-hybridized carbons (Fsp3) is 0.133. The Kier molecular flexibility index (Phi) is 4.14. The van der Waals surface area contributed by atoms with Crippen molar-refractivity contribution in [3.05, 3.63) is 59.9 Å². The molecule has 0 fully saturated rings. The molecule has 2 aromatic heterocycles. The minimum absolute atomic E-state index is 0.633. The summed E-state index contributed by atoms with van der Waals surface area (Å²) in [7, 11) is 0. The zero-order valence-corrected chi connectivity index (χ0v) is 12.3. The summed E-state index contributed by atoms with van der Waals surface area (Å²) in [5, 5.41) is 1.70. The Morgan fingerprint density at radius 2 is 2.00 bits per heavy atom. The fourth-order valence-electron chi connectivity index (χ4n) is 1.85. The van der Waals surface area contributed by atoms with Crippen LogP contribution < -0.4 is 4.74 Å². The average molecular weight is 305 g/mol. The van der Waals surface area contributed by atoms with E-state index in [1.54, 1.807) is 11.8 Å². The summed E-state index contributed by atoms with van der Waals surface area (Å²) < 4.78 is 7.73. The summed E-state index contributed by atoms with van der Waals surface area (Å²) in [5.74, 6) is 1.68. The number of pyridine rings is 1. The summed E-state index contributed by atoms with van der Waals surface area (Å²) in [6.45, 7) is 0.633. The Labute approximate surface area is 126 Å². The zero-order chi connectivity index (χ0) is 13.8. The molecule has 3 nitrogen and oxygen atoms in total. The van der Waals surface area contributed by atoms with Gasteiger partial charge in [0.2, 0.25) is 0 Å². The molecule has 3 rings (SSSR count). The van der Waals surface area contributed by atoms with Crippen molar-refractivity contribution < 1.29 is 4.74 Å². The van der Waals surface area contributed by atoms with Gasteiger partial charge in [-0.25, -0.2) is 4.98 Å². The van der Waals surface area contributed by atoms with E-state index < -0.39 is 0 Å². The molecule has 1 aromatic carbocycles. The fourth-order valence-corrected chi connectivity index (χ4v) is 2.76. The molecule has 0 N–H and O–H groups in total. The van der Waals surface area contributed by atoms with Gasteiger partial charge in [0.1, 0.15) is 5.75 Å². The van der Waals surface area contributed by atoms with Crippen LogP contribution in [0.15, 0.2) is 60.0 Å². The molecule has 5 heteroatoms. The van der Waals surface area contributed by atoms with E-state index in [0.29, 0.717) is 6.61 Å². The van der Waals surface area contributed by atoms with Crippen LogP contribution in [0, 0.1) is 0 Å². The highest BCUT2D eigenvalue weighted by Crippen LogP contribution is 2.19. The van der Waals surface area contributed by atoms with Gasteiger partial charge in [-0.2, -0.15) is 0 Å². The van der Waals surface area contributed by atoms with Crippen molar-refractivity contribution in [2.45, 2.75) is 5.16 Å². The number of imidazole rings is 1. The smallest absolute Gasteiger partial charge is 0.172 e. The molecule has 20 heavy (non-hydrogen) atoms. The molecule has 0 atom stereocenters. The van der Waals surface area contributed by atoms with Crippen LogP contribution in [-0.4, -0.2) is 21.7 Å². The molecule has 0 radical (unpaired) electrons. The number of benzene rings is 1. The lowest BCUT2D eigenvalue weighted by Gasteiger charge is -2.05. The first-order chi connectivity index (χ1) is 9.83. The molecule has 102 valence electrons. The highest BCUT2D eigenvalue weighted by Gasteiger charge is 2.03. The number of thioether (sulfide) groups is 1. The zero-order valence-electron chi connectivity index (χ0n) is 10.7. The molecule has 0 bridgehead atoms. The first-order valence-electron chi connectivity index (χ1n) is 6.26. The normalized spacial score (nSPS) is 10.8. The van der Waals surface area contributed by atoms with Gasteiger partial charge in [-0.1, -0.05) is 29.4 Å². The Morgan fingerprint density at radius 1 is 1.15 bits per heavy atom. The summed E-state index contributed by atoms with van der Waals surface area (Å²) in [6, 6.07) is 13.5. The number of nitrogens with zero attached hydrogens (tertiary/aromatic N) is 2. The van der Waals surface area contributed by atoms with Gasteiger partial charge in [-0.15, -0.1) is 0 Å². The van der Waals surface area contributed by atoms with Crippen LogP contribution in [0.1, 0.15) is 0 Å². The largest absolute Gasteiger partial charge is 0.493 e. The van der Waals surface area contributed by atoms with E-state index >= 15 is 0 Å². The van der Waals surface area contributed by atoms with Gasteiger partial charge in [0.25, 0.3) is 0 Å². The van der Waals surface area contributed by atoms with Crippen molar-refractivity contribution in [2.24, 2.45) is 0 Å². The van der Waals surface area contributed by atoms with E-state index in [1.807, 2.05) is 54.9 Å². The third kappa shape index (κ3) is 3.08. The van der Waals surface area contributed by atoms with Crippen molar-refractivity contribution in [3.8, 4) is 5.75 Å². The van der Waals surface area contributed by atoms with Gasteiger partial charge in [-0.05, 0) is 36.4 Å². The standard InChI is InChI=1S/C15H13ClN2OS/c16-12-4-6-14(7-5-12)19-9-10-20-15-17-11-13-3-1-2-8-18(13)15/h1-8,11H,9-10H2. The number of ether oxygens (including phenoxy) is 1. The van der Waals surface area contributed by atoms with Crippen LogP contribution >= 0.6 is 23.4 Å². The summed E-state index contributed by atoms with van der Waals surface area (Å²) in [5.41, 5.74) is 1.11. The molecule has 0 saturated carbocycles. The number of hydrogen-bond donors (Lipinski definition) is 0. The third-order valence-corrected chi connectivity index (χ3v) is 3.98. The highest BCUT2D eigenvalue weighted by atomic mass is 35.5. The van der Waals surface area contributed by atoms with Crippen molar-refractivity contribution in [2.75, 3.05) is 12.4 Å². The number of hydrogen-bond acceptors (Lipinski definition) is 3. The van der Waals surface area contributed by atoms with E-state index in [0.717, 1.165) is 27.2 Å². The van der Waals surface area contributed by atoms with Gasteiger partial charge < -0.3 is 4.74 Å². The molecule has 0 aliphatic rings. The monoisotopic (exact) mass is 304 g/mol. The summed E-state index contributed by atoms with van der Waals surface area (Å²) in [4.78, 5) is 4.40. The Bertz CT molecular complexity index is 696. The quantitative estimate of drug-likeness (QED) is 0.523. The SMILES string of the molecule is Clc1ccc(OCCSc2ncc3ccccn23)cc1. The molecule has 0 spiro atoms. The van der Waals surface area contributed by atoms with Gasteiger partial charge in [0.15, 0.2) is 5.16 Å². The number of fused-ring (bicyclic) bond motifs is 1. The Balaban J connectivity index is 1.54. The van der Waals surface area contributed by atoms with Crippen LogP contribution in [0.5, 0.6) is 5.75 Å². The lowest BCUT2D eigenvalue weighted by Crippen LogP contribution is -2.00. The van der Waals surface area contributed by atoms with E-state index in [-0.39, 0.29) is 0 Å². The van der Waals surface area contributed by atoms with Crippen LogP contribution in [-0.2, 0) is 0 Å². The van der Waals surface area contributed by atoms with Gasteiger partial charge in [0.05, 0.1) is 18.3 Å². The molecule has 0 aliphatic heterocycles. The van der Waals surface area contributed by atoms with Crippen LogP contribution in [0.3, 0.4) is 0 Å². The first kappa shape index (κ1) is 13.3. The minimum atomic E-state index is 0.633. The lowest BCUT2D eigenvalue weighted by atomic mass is 10.3. The number of aromatic nitrogens is 2. The summed E-state index contributed by atoms with van der Waals surface area (Å²) >= 11 is 7.51. The topological polar surface area (TPSA) is 26.5 Å². The van der Waals surface area contributed by atoms with Crippen molar-refractivity contribution in [3.63, 3.8) is 0 Å². The number of rotatable bonds is 5. The maximum absolute atomic E-state index is 5.83. The second-order valence-corrected chi connectivity index (χ2v) is 5.69. The molecular weight excluding hydrogens is 292 g/mol. The molecule has 3 aromatic rings. The lowest BCUT2D eigenvalue weighted by molar-refractivity contribution is 0.344. The summed E-state index contributed by atoms with van der Waals surface area (Å²) in [6.07, 6.45) is 3.90. The molecular formula is C15H13ClN2OS. The van der Waals surface area contributed by atoms with E-state index in [4.69, 9.17) is 16.3 Å². The predicted molar refractivity (Wildman–Crippen MR) is 82.9 cm³/mol. The highest BCUT2D eigenvalue weighted by molar-refractivity contribution is 7.99. The van der Waals surface area contributed by atoms with Crippen molar-refractivity contribution >= 4 is 28.9 Å². The van der Waals surface area contributed by atoms with Gasteiger partial charge in [0, 0.05) is 17.0 Å². The Hall–Kier alpha value is -1.65. The van der Waals surface area contributed by atoms with Crippen LogP contribution in [0.2, 0.25) is 5.02 Å². The molecule has 0 unspecified atom stereocenters. The molecule has 0 saturated heterocycles. The van der Waals surface area contributed by atoms with Crippen LogP contribution in [0.4, 0.5) is 0 Å². The average Bonchev–Trinajstić information content (AvgIpc) is 2.89. The van der Waals surface area contributed by atoms with Crippen molar-refractivity contribution in [1.82, 2.24) is 9.38 Å². The maximum atomic E-state index is 5.83. The molecule has 2 heterocycles. The maximum Gasteiger partial charge on any atom is 0.172 e. The number of halogens is 1. The third-order valence-electron chi connectivity index (χ3n) is 2.80. The van der Waals surface area contributed by atoms with E-state index in [1.165, 1.54) is 0 Å². The van der Waals surface area contributed by atoms with Crippen LogP contribution in [0.25, 0.3) is 5.52 Å². The Morgan fingerprint density at radius 3 is 2.85 bits per heavy atom. The van der Waals surface area contributed by atoms with Gasteiger partial charge in [-0.3, -0.25) is 4.40 Å². The van der Waals surface area contributed by atoms with Gasteiger partial charge >= 0.3 is 0 Å². The first-order valence-corrected chi connectivity index (χ1v) is 7.62. The second-order valence-electron chi connectivity index (χ2n) is 4.19. The van der Waals surface area contributed by atoms with Crippen molar-refractivity contribution in [1.29, 1.82) is 0 Å². The minimum Gasteiger partial charge on any atom is -0.493 e. The second kappa shape index (κ2) is 6.20. The van der Waals surface area contributed by atoms with E-state index in [9.17, 15) is 0 Å². The molecule has 0 amide bonds. The molecule has 0 aliphatic carbocycles.